The Bertz CT molecular complexity index is 325. The van der Waals surface area contributed by atoms with Crippen molar-refractivity contribution in [1.29, 1.82) is 0 Å². The van der Waals surface area contributed by atoms with Gasteiger partial charge in [-0.05, 0) is 57.3 Å². The van der Waals surface area contributed by atoms with Crippen molar-refractivity contribution in [3.63, 3.8) is 0 Å². The highest BCUT2D eigenvalue weighted by Crippen LogP contribution is 2.40. The predicted molar refractivity (Wildman–Crippen MR) is 69.0 cm³/mol. The van der Waals surface area contributed by atoms with Crippen LogP contribution in [0.1, 0.15) is 58.3 Å². The number of rotatable bonds is 2. The van der Waals surface area contributed by atoms with Crippen LogP contribution in [0.25, 0.3) is 0 Å². The van der Waals surface area contributed by atoms with Gasteiger partial charge in [0.05, 0.1) is 11.8 Å². The second-order valence-electron chi connectivity index (χ2n) is 6.41. The molecule has 0 aliphatic heterocycles. The zero-order chi connectivity index (χ0) is 14.8. The molecule has 0 bridgehead atoms. The van der Waals surface area contributed by atoms with Gasteiger partial charge < -0.3 is 4.74 Å². The summed E-state index contributed by atoms with van der Waals surface area (Å²) in [7, 11) is 0. The molecule has 2 aliphatic rings. The van der Waals surface area contributed by atoms with Gasteiger partial charge in [0.1, 0.15) is 6.10 Å². The molecule has 0 unspecified atom stereocenters. The van der Waals surface area contributed by atoms with E-state index in [0.717, 1.165) is 25.7 Å². The molecule has 20 heavy (non-hydrogen) atoms. The quantitative estimate of drug-likeness (QED) is 0.702. The largest absolute Gasteiger partial charge is 0.462 e. The monoisotopic (exact) mass is 292 g/mol. The molecule has 116 valence electrons. The van der Waals surface area contributed by atoms with E-state index in [1.165, 1.54) is 0 Å². The zero-order valence-electron chi connectivity index (χ0n) is 11.9. The van der Waals surface area contributed by atoms with Crippen LogP contribution in [-0.2, 0) is 9.53 Å². The maximum atomic E-state index is 12.6. The molecular formula is C15H23F3O2. The average molecular weight is 292 g/mol. The van der Waals surface area contributed by atoms with Crippen LogP contribution in [0.15, 0.2) is 0 Å². The van der Waals surface area contributed by atoms with E-state index in [0.29, 0.717) is 18.8 Å². The minimum absolute atomic E-state index is 0.0148. The Balaban J connectivity index is 1.75. The number of esters is 1. The van der Waals surface area contributed by atoms with Crippen LogP contribution in [0, 0.1) is 17.8 Å². The Morgan fingerprint density at radius 1 is 0.950 bits per heavy atom. The van der Waals surface area contributed by atoms with Gasteiger partial charge in [0, 0.05) is 0 Å². The van der Waals surface area contributed by atoms with Crippen LogP contribution in [0.3, 0.4) is 0 Å². The van der Waals surface area contributed by atoms with E-state index < -0.39 is 12.1 Å². The highest BCUT2D eigenvalue weighted by Gasteiger charge is 2.43. The molecule has 2 aliphatic carbocycles. The van der Waals surface area contributed by atoms with E-state index in [4.69, 9.17) is 4.74 Å². The fourth-order valence-electron chi connectivity index (χ4n) is 3.26. The number of ether oxygens (including phenoxy) is 1. The first-order chi connectivity index (χ1) is 9.36. The summed E-state index contributed by atoms with van der Waals surface area (Å²) in [6, 6.07) is 0. The lowest BCUT2D eigenvalue weighted by Crippen LogP contribution is -2.33. The first kappa shape index (κ1) is 15.6. The Morgan fingerprint density at radius 2 is 1.50 bits per heavy atom. The van der Waals surface area contributed by atoms with E-state index >= 15 is 0 Å². The Kier molecular flexibility index (Phi) is 4.97. The molecule has 0 aromatic rings. The molecule has 0 aromatic carbocycles. The number of halogens is 3. The minimum Gasteiger partial charge on any atom is -0.462 e. The molecule has 0 saturated heterocycles. The van der Waals surface area contributed by atoms with E-state index in [1.54, 1.807) is 0 Å². The maximum Gasteiger partial charge on any atom is 0.391 e. The molecule has 5 heteroatoms. The smallest absolute Gasteiger partial charge is 0.391 e. The fraction of sp³-hybridized carbons (Fsp3) is 0.933. The summed E-state index contributed by atoms with van der Waals surface area (Å²) in [5, 5.41) is 0. The van der Waals surface area contributed by atoms with Crippen LogP contribution in [-0.4, -0.2) is 18.2 Å². The average Bonchev–Trinajstić information content (AvgIpc) is 2.40. The van der Waals surface area contributed by atoms with Gasteiger partial charge in [0.15, 0.2) is 0 Å². The summed E-state index contributed by atoms with van der Waals surface area (Å²) in [5.74, 6) is -1.15. The highest BCUT2D eigenvalue weighted by molar-refractivity contribution is 5.72. The summed E-state index contributed by atoms with van der Waals surface area (Å²) < 4.78 is 43.2. The van der Waals surface area contributed by atoms with Crippen molar-refractivity contribution < 1.29 is 22.7 Å². The lowest BCUT2D eigenvalue weighted by atomic mass is 9.81. The van der Waals surface area contributed by atoms with Crippen molar-refractivity contribution >= 4 is 5.97 Å². The number of carbonyl (C=O) groups is 1. The summed E-state index contributed by atoms with van der Waals surface area (Å²) in [6.07, 6.45) is 0.537. The molecule has 0 spiro atoms. The van der Waals surface area contributed by atoms with Crippen LogP contribution >= 0.6 is 0 Å². The number of hydrogen-bond acceptors (Lipinski definition) is 2. The van der Waals surface area contributed by atoms with Crippen molar-refractivity contribution in [2.45, 2.75) is 70.6 Å². The predicted octanol–water partition coefficient (Wildman–Crippen LogP) is 4.48. The van der Waals surface area contributed by atoms with Gasteiger partial charge in [0.2, 0.25) is 0 Å². The van der Waals surface area contributed by atoms with Gasteiger partial charge in [-0.3, -0.25) is 4.79 Å². The molecule has 0 amide bonds. The van der Waals surface area contributed by atoms with Crippen molar-refractivity contribution in [1.82, 2.24) is 0 Å². The molecule has 0 aromatic heterocycles. The Labute approximate surface area is 118 Å². The topological polar surface area (TPSA) is 26.3 Å². The molecule has 0 N–H and O–H groups in total. The van der Waals surface area contributed by atoms with Crippen LogP contribution < -0.4 is 0 Å². The van der Waals surface area contributed by atoms with Gasteiger partial charge in [0.25, 0.3) is 0 Å². The molecular weight excluding hydrogens is 269 g/mol. The fourth-order valence-corrected chi connectivity index (χ4v) is 3.26. The third-order valence-corrected chi connectivity index (χ3v) is 4.77. The van der Waals surface area contributed by atoms with Gasteiger partial charge in [-0.2, -0.15) is 13.2 Å². The third kappa shape index (κ3) is 4.13. The summed E-state index contributed by atoms with van der Waals surface area (Å²) in [4.78, 5) is 12.0. The molecule has 0 heterocycles. The normalized spacial score (nSPS) is 35.6. The minimum atomic E-state index is -4.12. The van der Waals surface area contributed by atoms with E-state index in [2.05, 4.69) is 6.92 Å². The van der Waals surface area contributed by atoms with Crippen LogP contribution in [0.2, 0.25) is 0 Å². The summed E-state index contributed by atoms with van der Waals surface area (Å²) in [5.41, 5.74) is 0. The molecule has 2 nitrogen and oxygen atoms in total. The number of alkyl halides is 3. The van der Waals surface area contributed by atoms with Crippen molar-refractivity contribution in [3.8, 4) is 0 Å². The first-order valence-electron chi connectivity index (χ1n) is 7.63. The van der Waals surface area contributed by atoms with Crippen LogP contribution in [0.5, 0.6) is 0 Å². The van der Waals surface area contributed by atoms with Crippen LogP contribution in [0.4, 0.5) is 13.2 Å². The second-order valence-corrected chi connectivity index (χ2v) is 6.41. The van der Waals surface area contributed by atoms with E-state index in [1.807, 2.05) is 0 Å². The summed E-state index contributed by atoms with van der Waals surface area (Å²) in [6.45, 7) is 2.19. The molecule has 2 fully saturated rings. The maximum absolute atomic E-state index is 12.6. The SMILES string of the molecule is CC1CCC(OC(=O)C2CCC(C(F)(F)F)CC2)CC1. The van der Waals surface area contributed by atoms with E-state index in [9.17, 15) is 18.0 Å². The highest BCUT2D eigenvalue weighted by atomic mass is 19.4. The van der Waals surface area contributed by atoms with Gasteiger partial charge in [-0.15, -0.1) is 0 Å². The number of hydrogen-bond donors (Lipinski definition) is 0. The zero-order valence-corrected chi connectivity index (χ0v) is 11.9. The first-order valence-corrected chi connectivity index (χ1v) is 7.63. The Morgan fingerprint density at radius 3 is 2.00 bits per heavy atom. The molecule has 2 rings (SSSR count). The Hall–Kier alpha value is -0.740. The van der Waals surface area contributed by atoms with Gasteiger partial charge in [-0.25, -0.2) is 0 Å². The van der Waals surface area contributed by atoms with Crippen molar-refractivity contribution in [2.24, 2.45) is 17.8 Å². The van der Waals surface area contributed by atoms with Gasteiger partial charge >= 0.3 is 12.1 Å². The molecule has 0 atom stereocenters. The second kappa shape index (κ2) is 6.35. The summed E-state index contributed by atoms with van der Waals surface area (Å²) >= 11 is 0. The number of carbonyl (C=O) groups excluding carboxylic acids is 1. The molecule has 0 radical (unpaired) electrons. The van der Waals surface area contributed by atoms with E-state index in [-0.39, 0.29) is 30.8 Å². The van der Waals surface area contributed by atoms with Gasteiger partial charge in [-0.1, -0.05) is 6.92 Å². The molecule has 2 saturated carbocycles. The standard InChI is InChI=1S/C15H23F3O2/c1-10-2-8-13(9-3-10)20-14(19)11-4-6-12(7-5-11)15(16,17)18/h10-13H,2-9H2,1H3. The van der Waals surface area contributed by atoms with Crippen molar-refractivity contribution in [2.75, 3.05) is 0 Å². The lowest BCUT2D eigenvalue weighted by Gasteiger charge is -2.31. The third-order valence-electron chi connectivity index (χ3n) is 4.77. The lowest BCUT2D eigenvalue weighted by molar-refractivity contribution is -0.187. The van der Waals surface area contributed by atoms with Crippen molar-refractivity contribution in [3.05, 3.63) is 0 Å².